The molecule has 0 amide bonds. The van der Waals surface area contributed by atoms with E-state index < -0.39 is 0 Å². The minimum atomic E-state index is 0.502. The molecular weight excluding hydrogens is 540 g/mol. The summed E-state index contributed by atoms with van der Waals surface area (Å²) in [6, 6.07) is 21.2. The van der Waals surface area contributed by atoms with Gasteiger partial charge in [-0.1, -0.05) is 99.9 Å². The van der Waals surface area contributed by atoms with E-state index >= 15 is 0 Å². The van der Waals surface area contributed by atoms with Gasteiger partial charge in [-0.05, 0) is 87.1 Å². The third-order valence-electron chi connectivity index (χ3n) is 7.88. The molecule has 0 atom stereocenters. The topological polar surface area (TPSA) is 66.0 Å². The van der Waals surface area contributed by atoms with Gasteiger partial charge in [0.05, 0.1) is 36.5 Å². The first-order valence-electron chi connectivity index (χ1n) is 16.1. The van der Waals surface area contributed by atoms with Gasteiger partial charge in [-0.25, -0.2) is 0 Å². The van der Waals surface area contributed by atoms with Crippen LogP contribution in [0, 0.1) is 50.4 Å². The van der Waals surface area contributed by atoms with Crippen LogP contribution in [0.3, 0.4) is 0 Å². The van der Waals surface area contributed by atoms with Gasteiger partial charge in [0.2, 0.25) is 0 Å². The standard InChI is InChI=1S/C40H48N2O2/c1-7-9-11-13-19-43-39-25-38(36(28-42)24-34-22-30(4)16-18-32(34)6)40(44-20-14-12-10-8-2)26-37(39)35(27-41)23-33-21-29(3)15-17-31(33)5/h15-18,21-26H,7-14,19-20H2,1-6H3/b35-23+,36-24+. The summed E-state index contributed by atoms with van der Waals surface area (Å²) in [6.07, 6.45) is 12.5. The molecule has 4 heteroatoms. The highest BCUT2D eigenvalue weighted by Gasteiger charge is 2.19. The van der Waals surface area contributed by atoms with E-state index in [9.17, 15) is 10.5 Å². The second-order valence-corrected chi connectivity index (χ2v) is 11.7. The Kier molecular flexibility index (Phi) is 13.8. The van der Waals surface area contributed by atoms with Crippen LogP contribution in [0.25, 0.3) is 23.3 Å². The highest BCUT2D eigenvalue weighted by molar-refractivity contribution is 5.96. The van der Waals surface area contributed by atoms with Crippen molar-refractivity contribution < 1.29 is 9.47 Å². The fourth-order valence-corrected chi connectivity index (χ4v) is 5.12. The zero-order valence-corrected chi connectivity index (χ0v) is 27.6. The van der Waals surface area contributed by atoms with Crippen LogP contribution in [0.2, 0.25) is 0 Å². The number of aryl methyl sites for hydroxylation is 4. The Labute approximate surface area is 265 Å². The lowest BCUT2D eigenvalue weighted by atomic mass is 9.94. The van der Waals surface area contributed by atoms with Crippen LogP contribution in [-0.4, -0.2) is 13.2 Å². The maximum Gasteiger partial charge on any atom is 0.128 e. The summed E-state index contributed by atoms with van der Waals surface area (Å²) < 4.78 is 12.8. The van der Waals surface area contributed by atoms with Crippen molar-refractivity contribution >= 4 is 23.3 Å². The largest absolute Gasteiger partial charge is 0.493 e. The average molecular weight is 589 g/mol. The lowest BCUT2D eigenvalue weighted by Crippen LogP contribution is -2.05. The monoisotopic (exact) mass is 588 g/mol. The molecule has 4 nitrogen and oxygen atoms in total. The minimum absolute atomic E-state index is 0.502. The van der Waals surface area contributed by atoms with Crippen LogP contribution >= 0.6 is 0 Å². The molecule has 3 rings (SSSR count). The van der Waals surface area contributed by atoms with Gasteiger partial charge >= 0.3 is 0 Å². The maximum absolute atomic E-state index is 10.4. The van der Waals surface area contributed by atoms with Crippen LogP contribution in [0.1, 0.15) is 110 Å². The van der Waals surface area contributed by atoms with E-state index in [1.807, 2.05) is 24.3 Å². The Bertz CT molecular complexity index is 1430. The molecule has 0 aliphatic rings. The highest BCUT2D eigenvalue weighted by atomic mass is 16.5. The molecule has 0 fully saturated rings. The Morgan fingerprint density at radius 2 is 1.00 bits per heavy atom. The van der Waals surface area contributed by atoms with E-state index in [-0.39, 0.29) is 0 Å². The fraction of sp³-hybridized carbons (Fsp3) is 0.400. The van der Waals surface area contributed by atoms with Crippen LogP contribution in [0.15, 0.2) is 48.5 Å². The van der Waals surface area contributed by atoms with Crippen LogP contribution < -0.4 is 9.47 Å². The number of nitrogens with zero attached hydrogens (tertiary/aromatic N) is 2. The number of hydrogen-bond acceptors (Lipinski definition) is 4. The van der Waals surface area contributed by atoms with Crippen LogP contribution in [0.5, 0.6) is 11.5 Å². The van der Waals surface area contributed by atoms with Crippen molar-refractivity contribution in [1.29, 1.82) is 10.5 Å². The molecule has 3 aromatic carbocycles. The lowest BCUT2D eigenvalue weighted by Gasteiger charge is -2.18. The van der Waals surface area contributed by atoms with Gasteiger partial charge < -0.3 is 9.47 Å². The van der Waals surface area contributed by atoms with Gasteiger partial charge in [-0.2, -0.15) is 10.5 Å². The zero-order valence-electron chi connectivity index (χ0n) is 27.6. The second-order valence-electron chi connectivity index (χ2n) is 11.7. The first kappa shape index (κ1) is 34.2. The smallest absolute Gasteiger partial charge is 0.128 e. The van der Waals surface area contributed by atoms with Crippen molar-refractivity contribution in [2.45, 2.75) is 92.9 Å². The second kappa shape index (κ2) is 17.7. The molecule has 0 aliphatic carbocycles. The minimum Gasteiger partial charge on any atom is -0.493 e. The van der Waals surface area contributed by atoms with Crippen LogP contribution in [-0.2, 0) is 0 Å². The van der Waals surface area contributed by atoms with Crippen molar-refractivity contribution in [2.75, 3.05) is 13.2 Å². The number of unbranched alkanes of at least 4 members (excludes halogenated alkanes) is 6. The van der Waals surface area contributed by atoms with Crippen molar-refractivity contribution in [3.05, 3.63) is 93.0 Å². The van der Waals surface area contributed by atoms with Crippen molar-refractivity contribution in [3.8, 4) is 23.6 Å². The molecule has 0 heterocycles. The van der Waals surface area contributed by atoms with Gasteiger partial charge in [0.1, 0.15) is 11.5 Å². The van der Waals surface area contributed by atoms with E-state index in [1.54, 1.807) is 0 Å². The van der Waals surface area contributed by atoms with Gasteiger partial charge in [-0.15, -0.1) is 0 Å². The molecule has 44 heavy (non-hydrogen) atoms. The summed E-state index contributed by atoms with van der Waals surface area (Å²) in [7, 11) is 0. The molecule has 3 aromatic rings. The molecule has 0 bridgehead atoms. The summed E-state index contributed by atoms with van der Waals surface area (Å²) in [5, 5.41) is 20.9. The molecule has 0 spiro atoms. The van der Waals surface area contributed by atoms with Crippen molar-refractivity contribution in [2.24, 2.45) is 0 Å². The first-order chi connectivity index (χ1) is 21.3. The molecule has 0 N–H and O–H groups in total. The molecular formula is C40H48N2O2. The molecule has 0 radical (unpaired) electrons. The normalized spacial score (nSPS) is 11.6. The number of nitriles is 2. The molecule has 0 unspecified atom stereocenters. The van der Waals surface area contributed by atoms with Gasteiger partial charge in [0, 0.05) is 11.1 Å². The predicted octanol–water partition coefficient (Wildman–Crippen LogP) is 11.0. The number of ether oxygens (including phenoxy) is 2. The van der Waals surface area contributed by atoms with E-state index in [1.165, 1.54) is 0 Å². The molecule has 0 aromatic heterocycles. The SMILES string of the molecule is CCCCCCOc1cc(/C(C#N)=C/c2cc(C)ccc2C)c(OCCCCCC)cc1/C(C#N)=C/c1cc(C)ccc1C. The number of rotatable bonds is 16. The molecule has 0 aliphatic heterocycles. The fourth-order valence-electron chi connectivity index (χ4n) is 5.12. The first-order valence-corrected chi connectivity index (χ1v) is 16.1. The lowest BCUT2D eigenvalue weighted by molar-refractivity contribution is 0.295. The summed E-state index contributed by atoms with van der Waals surface area (Å²) in [5.74, 6) is 1.19. The Hall–Kier alpha value is -4.28. The zero-order chi connectivity index (χ0) is 31.9. The van der Waals surface area contributed by atoms with Gasteiger partial charge in [0.15, 0.2) is 0 Å². The van der Waals surface area contributed by atoms with E-state index in [0.717, 1.165) is 84.7 Å². The third-order valence-corrected chi connectivity index (χ3v) is 7.88. The Morgan fingerprint density at radius 3 is 1.36 bits per heavy atom. The highest BCUT2D eigenvalue weighted by Crippen LogP contribution is 2.39. The van der Waals surface area contributed by atoms with E-state index in [2.05, 4.69) is 90.1 Å². The Balaban J connectivity index is 2.21. The van der Waals surface area contributed by atoms with Gasteiger partial charge in [-0.3, -0.25) is 0 Å². The predicted molar refractivity (Wildman–Crippen MR) is 185 cm³/mol. The van der Waals surface area contributed by atoms with E-state index in [4.69, 9.17) is 9.47 Å². The van der Waals surface area contributed by atoms with Crippen molar-refractivity contribution in [3.63, 3.8) is 0 Å². The van der Waals surface area contributed by atoms with E-state index in [0.29, 0.717) is 47.0 Å². The Morgan fingerprint density at radius 1 is 0.591 bits per heavy atom. The summed E-state index contributed by atoms with van der Waals surface area (Å²) in [6.45, 7) is 13.7. The quantitative estimate of drug-likeness (QED) is 0.0948. The molecule has 0 saturated heterocycles. The van der Waals surface area contributed by atoms with Gasteiger partial charge in [0.25, 0.3) is 0 Å². The number of allylic oxidation sites excluding steroid dienone is 2. The average Bonchev–Trinajstić information content (AvgIpc) is 3.02. The third kappa shape index (κ3) is 9.89. The number of hydrogen-bond donors (Lipinski definition) is 0. The molecule has 0 saturated carbocycles. The van der Waals surface area contributed by atoms with Crippen LogP contribution in [0.4, 0.5) is 0 Å². The summed E-state index contributed by atoms with van der Waals surface area (Å²) in [4.78, 5) is 0. The number of benzene rings is 3. The summed E-state index contributed by atoms with van der Waals surface area (Å²) >= 11 is 0. The van der Waals surface area contributed by atoms with Crippen molar-refractivity contribution in [1.82, 2.24) is 0 Å². The summed E-state index contributed by atoms with van der Waals surface area (Å²) in [5.41, 5.74) is 8.81. The molecule has 230 valence electrons. The maximum atomic E-state index is 10.4.